The molecule has 1 aliphatic rings. The molecule has 0 saturated carbocycles. The molecule has 3 N–H and O–H groups in total. The Labute approximate surface area is 170 Å². The molecule has 0 aliphatic carbocycles. The molecule has 0 spiro atoms. The Kier molecular flexibility index (Phi) is 5.82. The zero-order valence-electron chi connectivity index (χ0n) is 16.9. The van der Waals surface area contributed by atoms with E-state index in [0.29, 0.717) is 23.3 Å². The van der Waals surface area contributed by atoms with E-state index in [9.17, 15) is 5.11 Å². The molecular formula is C21H28N6O2. The quantitative estimate of drug-likeness (QED) is 0.564. The number of benzene rings is 1. The highest BCUT2D eigenvalue weighted by atomic mass is 16.5. The summed E-state index contributed by atoms with van der Waals surface area (Å²) in [6.45, 7) is 9.81. The summed E-state index contributed by atoms with van der Waals surface area (Å²) < 4.78 is 7.59. The maximum absolute atomic E-state index is 10.5. The number of hydrogen-bond donors (Lipinski definition) is 3. The van der Waals surface area contributed by atoms with Gasteiger partial charge in [0, 0.05) is 68.5 Å². The molecule has 1 fully saturated rings. The van der Waals surface area contributed by atoms with Crippen molar-refractivity contribution >= 4 is 16.7 Å². The topological polar surface area (TPSA) is 87.5 Å². The van der Waals surface area contributed by atoms with E-state index in [4.69, 9.17) is 4.74 Å². The molecule has 0 radical (unpaired) electrons. The molecule has 0 amide bonds. The van der Waals surface area contributed by atoms with Gasteiger partial charge in [-0.05, 0) is 26.0 Å². The highest BCUT2D eigenvalue weighted by Crippen LogP contribution is 2.28. The van der Waals surface area contributed by atoms with Gasteiger partial charge in [-0.15, -0.1) is 5.10 Å². The SMILES string of the molecule is CC(C)Nc1ccn(-c2cc(O)c3ccc(OCCN4CCNCC4)cc3n2)n1. The van der Waals surface area contributed by atoms with Crippen LogP contribution in [-0.4, -0.2) is 70.1 Å². The molecule has 3 aromatic rings. The van der Waals surface area contributed by atoms with E-state index in [1.807, 2.05) is 30.5 Å². The van der Waals surface area contributed by atoms with Gasteiger partial charge >= 0.3 is 0 Å². The van der Waals surface area contributed by atoms with Crippen molar-refractivity contribution in [2.45, 2.75) is 19.9 Å². The summed E-state index contributed by atoms with van der Waals surface area (Å²) in [6, 6.07) is 9.39. The predicted octanol–water partition coefficient (Wildman–Crippen LogP) is 2.23. The van der Waals surface area contributed by atoms with Gasteiger partial charge in [0.15, 0.2) is 5.82 Å². The van der Waals surface area contributed by atoms with Crippen LogP contribution in [0.25, 0.3) is 16.7 Å². The van der Waals surface area contributed by atoms with Crippen molar-refractivity contribution in [3.8, 4) is 17.3 Å². The molecule has 8 nitrogen and oxygen atoms in total. The molecular weight excluding hydrogens is 368 g/mol. The van der Waals surface area contributed by atoms with E-state index in [-0.39, 0.29) is 11.8 Å². The maximum atomic E-state index is 10.5. The molecule has 4 rings (SSSR count). The second-order valence-corrected chi connectivity index (χ2v) is 7.56. The molecule has 1 aliphatic heterocycles. The number of fused-ring (bicyclic) bond motifs is 1. The van der Waals surface area contributed by atoms with Gasteiger partial charge in [0.2, 0.25) is 0 Å². The second-order valence-electron chi connectivity index (χ2n) is 7.56. The van der Waals surface area contributed by atoms with Gasteiger partial charge in [-0.25, -0.2) is 9.67 Å². The summed E-state index contributed by atoms with van der Waals surface area (Å²) in [5.41, 5.74) is 0.675. The van der Waals surface area contributed by atoms with Gasteiger partial charge in [0.05, 0.1) is 5.52 Å². The summed E-state index contributed by atoms with van der Waals surface area (Å²) in [5, 5.41) is 22.2. The summed E-state index contributed by atoms with van der Waals surface area (Å²) in [5.74, 6) is 2.25. The third kappa shape index (κ3) is 4.78. The van der Waals surface area contributed by atoms with Gasteiger partial charge in [-0.1, -0.05) is 0 Å². The smallest absolute Gasteiger partial charge is 0.157 e. The van der Waals surface area contributed by atoms with Crippen molar-refractivity contribution < 1.29 is 9.84 Å². The highest BCUT2D eigenvalue weighted by Gasteiger charge is 2.11. The number of hydrogen-bond acceptors (Lipinski definition) is 7. The Bertz CT molecular complexity index is 965. The molecule has 0 bridgehead atoms. The minimum Gasteiger partial charge on any atom is -0.507 e. The first-order valence-corrected chi connectivity index (χ1v) is 10.1. The van der Waals surface area contributed by atoms with E-state index >= 15 is 0 Å². The lowest BCUT2D eigenvalue weighted by Gasteiger charge is -2.26. The zero-order valence-corrected chi connectivity index (χ0v) is 16.9. The molecule has 0 atom stereocenters. The van der Waals surface area contributed by atoms with Crippen LogP contribution in [0.5, 0.6) is 11.5 Å². The Morgan fingerprint density at radius 2 is 2.03 bits per heavy atom. The van der Waals surface area contributed by atoms with E-state index in [1.54, 1.807) is 10.7 Å². The lowest BCUT2D eigenvalue weighted by Crippen LogP contribution is -2.44. The van der Waals surface area contributed by atoms with Crippen molar-refractivity contribution in [2.75, 3.05) is 44.6 Å². The van der Waals surface area contributed by atoms with Crippen molar-refractivity contribution in [3.63, 3.8) is 0 Å². The van der Waals surface area contributed by atoms with E-state index in [2.05, 4.69) is 39.5 Å². The first kappa shape index (κ1) is 19.5. The third-order valence-electron chi connectivity index (χ3n) is 4.89. The lowest BCUT2D eigenvalue weighted by molar-refractivity contribution is 0.191. The summed E-state index contributed by atoms with van der Waals surface area (Å²) >= 11 is 0. The molecule has 0 unspecified atom stereocenters. The van der Waals surface area contributed by atoms with Gasteiger partial charge in [-0.3, -0.25) is 4.90 Å². The number of ether oxygens (including phenoxy) is 1. The minimum atomic E-state index is 0.172. The van der Waals surface area contributed by atoms with Gasteiger partial charge in [0.1, 0.15) is 23.9 Å². The van der Waals surface area contributed by atoms with Crippen LogP contribution in [0.1, 0.15) is 13.8 Å². The number of piperazine rings is 1. The maximum Gasteiger partial charge on any atom is 0.157 e. The normalized spacial score (nSPS) is 15.1. The summed E-state index contributed by atoms with van der Waals surface area (Å²) in [4.78, 5) is 7.06. The van der Waals surface area contributed by atoms with Crippen molar-refractivity contribution in [3.05, 3.63) is 36.5 Å². The number of aromatic hydroxyl groups is 1. The van der Waals surface area contributed by atoms with Crippen LogP contribution in [0.2, 0.25) is 0 Å². The number of aromatic nitrogens is 3. The van der Waals surface area contributed by atoms with Crippen LogP contribution >= 0.6 is 0 Å². The van der Waals surface area contributed by atoms with Crippen LogP contribution in [0.15, 0.2) is 36.5 Å². The fourth-order valence-electron chi connectivity index (χ4n) is 3.44. The standard InChI is InChI=1S/C21H28N6O2/c1-15(2)23-20-5-8-27(25-20)21-14-19(28)17-4-3-16(13-18(17)24-21)29-12-11-26-9-6-22-7-10-26/h3-5,8,13-15,22H,6-7,9-12H2,1-2H3,(H,23,25)(H,24,28). The van der Waals surface area contributed by atoms with E-state index in [1.165, 1.54) is 0 Å². The van der Waals surface area contributed by atoms with Crippen molar-refractivity contribution in [1.29, 1.82) is 0 Å². The number of rotatable bonds is 7. The van der Waals surface area contributed by atoms with Crippen LogP contribution in [0.4, 0.5) is 5.82 Å². The molecule has 1 saturated heterocycles. The van der Waals surface area contributed by atoms with Crippen molar-refractivity contribution in [2.24, 2.45) is 0 Å². The molecule has 2 aromatic heterocycles. The average Bonchev–Trinajstić information content (AvgIpc) is 3.16. The van der Waals surface area contributed by atoms with Crippen LogP contribution in [-0.2, 0) is 0 Å². The molecule has 29 heavy (non-hydrogen) atoms. The first-order valence-electron chi connectivity index (χ1n) is 10.1. The molecule has 8 heteroatoms. The summed E-state index contributed by atoms with van der Waals surface area (Å²) in [6.07, 6.45) is 1.83. The van der Waals surface area contributed by atoms with E-state index < -0.39 is 0 Å². The van der Waals surface area contributed by atoms with Gasteiger partial charge in [0.25, 0.3) is 0 Å². The highest BCUT2D eigenvalue weighted by molar-refractivity contribution is 5.86. The number of pyridine rings is 1. The Morgan fingerprint density at radius 1 is 1.21 bits per heavy atom. The lowest BCUT2D eigenvalue weighted by atomic mass is 10.2. The Hall–Kier alpha value is -2.84. The fraction of sp³-hybridized carbons (Fsp3) is 0.429. The third-order valence-corrected chi connectivity index (χ3v) is 4.89. The summed E-state index contributed by atoms with van der Waals surface area (Å²) in [7, 11) is 0. The predicted molar refractivity (Wildman–Crippen MR) is 114 cm³/mol. The Balaban J connectivity index is 1.50. The van der Waals surface area contributed by atoms with Crippen LogP contribution < -0.4 is 15.4 Å². The zero-order chi connectivity index (χ0) is 20.2. The Morgan fingerprint density at radius 3 is 2.83 bits per heavy atom. The van der Waals surface area contributed by atoms with E-state index in [0.717, 1.165) is 44.3 Å². The van der Waals surface area contributed by atoms with Crippen LogP contribution in [0, 0.1) is 0 Å². The molecule has 1 aromatic carbocycles. The van der Waals surface area contributed by atoms with Crippen LogP contribution in [0.3, 0.4) is 0 Å². The molecule has 154 valence electrons. The minimum absolute atomic E-state index is 0.172. The number of anilines is 1. The van der Waals surface area contributed by atoms with Gasteiger partial charge < -0.3 is 20.5 Å². The largest absolute Gasteiger partial charge is 0.507 e. The average molecular weight is 396 g/mol. The fourth-order valence-corrected chi connectivity index (χ4v) is 3.44. The van der Waals surface area contributed by atoms with Gasteiger partial charge in [-0.2, -0.15) is 0 Å². The monoisotopic (exact) mass is 396 g/mol. The van der Waals surface area contributed by atoms with Crippen molar-refractivity contribution in [1.82, 2.24) is 25.0 Å². The number of nitrogens with zero attached hydrogens (tertiary/aromatic N) is 4. The number of nitrogens with one attached hydrogen (secondary N) is 2. The second kappa shape index (κ2) is 8.67. The molecule has 3 heterocycles. The first-order chi connectivity index (χ1) is 14.1.